The first kappa shape index (κ1) is 25.8. The number of hydrogen-bond acceptors (Lipinski definition) is 10. The molecule has 1 aromatic heterocycles. The number of nitriles is 1. The van der Waals surface area contributed by atoms with Crippen LogP contribution >= 0.6 is 0 Å². The average molecular weight is 538 g/mol. The monoisotopic (exact) mass is 537 g/mol. The molecule has 39 heavy (non-hydrogen) atoms. The number of nitrogens with two attached hydrogens (primary N) is 1. The lowest BCUT2D eigenvalue weighted by atomic mass is 10.0. The van der Waals surface area contributed by atoms with Crippen LogP contribution in [-0.4, -0.2) is 75.8 Å². The molecular weight excluding hydrogens is 512 g/mol. The van der Waals surface area contributed by atoms with E-state index in [1.54, 1.807) is 24.1 Å². The third kappa shape index (κ3) is 5.14. The van der Waals surface area contributed by atoms with Crippen LogP contribution < -0.4 is 21.6 Å². The lowest BCUT2D eigenvalue weighted by molar-refractivity contribution is -0.119. The van der Waals surface area contributed by atoms with Gasteiger partial charge in [0, 0.05) is 38.8 Å². The van der Waals surface area contributed by atoms with Gasteiger partial charge in [-0.25, -0.2) is 28.6 Å². The molecule has 3 aliphatic heterocycles. The first-order valence-electron chi connectivity index (χ1n) is 12.1. The normalized spacial score (nSPS) is 19.0. The Morgan fingerprint density at radius 3 is 2.69 bits per heavy atom. The summed E-state index contributed by atoms with van der Waals surface area (Å²) in [5.41, 5.74) is 12.4. The van der Waals surface area contributed by atoms with Gasteiger partial charge in [0.05, 0.1) is 35.3 Å². The molecule has 1 saturated heterocycles. The summed E-state index contributed by atoms with van der Waals surface area (Å²) in [5.74, 6) is -1.47. The molecule has 15 heteroatoms. The predicted octanol–water partition coefficient (Wildman–Crippen LogP) is 0.800. The molecule has 0 radical (unpaired) electrons. The zero-order valence-electron chi connectivity index (χ0n) is 20.9. The van der Waals surface area contributed by atoms with Crippen molar-refractivity contribution in [1.82, 2.24) is 35.8 Å². The molecule has 1 atom stereocenters. The molecule has 0 aliphatic carbocycles. The van der Waals surface area contributed by atoms with E-state index in [2.05, 4.69) is 26.0 Å². The number of rotatable bonds is 5. The molecule has 4 heterocycles. The average Bonchev–Trinajstić information content (AvgIpc) is 3.55. The number of nitrogens with one attached hydrogen (secondary N) is 2. The minimum atomic E-state index is -0.646. The first-order valence-corrected chi connectivity index (χ1v) is 12.1. The number of nitrogens with zero attached hydrogens (tertiary/aromatic N) is 8. The molecule has 0 spiro atoms. The van der Waals surface area contributed by atoms with E-state index in [9.17, 15) is 23.6 Å². The third-order valence-corrected chi connectivity index (χ3v) is 6.66. The number of benzene rings is 1. The van der Waals surface area contributed by atoms with Crippen LogP contribution in [0.3, 0.4) is 0 Å². The summed E-state index contributed by atoms with van der Waals surface area (Å²) < 4.78 is 28.7. The molecule has 5 rings (SSSR count). The molecule has 3 aliphatic rings. The summed E-state index contributed by atoms with van der Waals surface area (Å²) in [4.78, 5) is 36.6. The van der Waals surface area contributed by atoms with Crippen LogP contribution in [0.5, 0.6) is 0 Å². The number of hydrazine groups is 2. The van der Waals surface area contributed by atoms with E-state index < -0.39 is 23.6 Å². The minimum Gasteiger partial charge on any atom is -0.368 e. The highest BCUT2D eigenvalue weighted by atomic mass is 19.1. The van der Waals surface area contributed by atoms with E-state index in [4.69, 9.17) is 5.73 Å². The van der Waals surface area contributed by atoms with Gasteiger partial charge in [0.1, 0.15) is 18.1 Å². The first-order chi connectivity index (χ1) is 18.7. The maximum absolute atomic E-state index is 14.7. The van der Waals surface area contributed by atoms with Crippen molar-refractivity contribution in [1.29, 1.82) is 5.26 Å². The summed E-state index contributed by atoms with van der Waals surface area (Å²) in [6.07, 6.45) is 3.07. The Balaban J connectivity index is 1.27. The molecule has 13 nitrogen and oxygen atoms in total. The van der Waals surface area contributed by atoms with Crippen LogP contribution in [0.4, 0.5) is 19.5 Å². The fourth-order valence-electron chi connectivity index (χ4n) is 4.65. The molecule has 0 bridgehead atoms. The highest BCUT2D eigenvalue weighted by molar-refractivity contribution is 5.79. The Labute approximate surface area is 222 Å². The smallest absolute Gasteiger partial charge is 0.341 e. The Hall–Kier alpha value is -4.84. The highest BCUT2D eigenvalue weighted by Gasteiger charge is 2.34. The second-order valence-corrected chi connectivity index (χ2v) is 9.15. The van der Waals surface area contributed by atoms with Gasteiger partial charge >= 0.3 is 6.03 Å². The Kier molecular flexibility index (Phi) is 6.94. The molecule has 0 unspecified atom stereocenters. The fraction of sp³-hybridized carbons (Fsp3) is 0.333. The summed E-state index contributed by atoms with van der Waals surface area (Å²) in [7, 11) is 0. The van der Waals surface area contributed by atoms with E-state index in [1.807, 2.05) is 11.0 Å². The van der Waals surface area contributed by atoms with Gasteiger partial charge in [-0.1, -0.05) is 0 Å². The predicted molar refractivity (Wildman–Crippen MR) is 135 cm³/mol. The summed E-state index contributed by atoms with van der Waals surface area (Å²) >= 11 is 0. The number of carbonyl (C=O) groups is 2. The number of urea groups is 1. The largest absolute Gasteiger partial charge is 0.368 e. The van der Waals surface area contributed by atoms with Crippen LogP contribution in [0, 0.1) is 23.0 Å². The second kappa shape index (κ2) is 10.5. The Morgan fingerprint density at radius 1 is 1.21 bits per heavy atom. The van der Waals surface area contributed by atoms with Crippen molar-refractivity contribution in [3.63, 3.8) is 0 Å². The number of piperazine rings is 1. The Bertz CT molecular complexity index is 1420. The van der Waals surface area contributed by atoms with E-state index in [1.165, 1.54) is 16.1 Å². The zero-order valence-corrected chi connectivity index (χ0v) is 20.9. The van der Waals surface area contributed by atoms with E-state index >= 15 is 0 Å². The van der Waals surface area contributed by atoms with Crippen LogP contribution in [-0.2, 0) is 4.79 Å². The van der Waals surface area contributed by atoms with Crippen molar-refractivity contribution in [2.75, 3.05) is 37.6 Å². The van der Waals surface area contributed by atoms with Crippen molar-refractivity contribution in [2.24, 2.45) is 10.8 Å². The number of anilines is 1. The summed E-state index contributed by atoms with van der Waals surface area (Å²) in [6, 6.07) is 5.08. The van der Waals surface area contributed by atoms with Gasteiger partial charge in [-0.05, 0) is 30.7 Å². The van der Waals surface area contributed by atoms with Gasteiger partial charge in [0.15, 0.2) is 5.82 Å². The summed E-state index contributed by atoms with van der Waals surface area (Å²) in [5, 5.41) is 16.1. The lowest BCUT2D eigenvalue weighted by Gasteiger charge is -2.37. The standard InChI is InChI=1S/C24H25F2N11O2/c1-14-21(32-33-36(14)13-20(28)38)22-18(26)12-29-23(31-22)34-4-6-35(7-5-34)24(39)37-19(2-3-30-37)16-8-15(11-27)9-17(25)10-16/h3,8-10,12,19,32-33H,2,4-7,13H2,1H3,(H2,28,38)/t19-/m0/s1. The third-order valence-electron chi connectivity index (χ3n) is 6.66. The molecule has 2 aromatic rings. The SMILES string of the molecule is CC1=C(c2nc(N3CCN(C(=O)N4N=CC[C@H]4c4cc(F)cc(C#N)c4)CC3)ncc2F)NNN1CC(N)=O. The van der Waals surface area contributed by atoms with E-state index in [-0.39, 0.29) is 29.8 Å². The number of halogens is 2. The number of aromatic nitrogens is 2. The van der Waals surface area contributed by atoms with Gasteiger partial charge < -0.3 is 15.5 Å². The molecule has 3 amide bonds. The van der Waals surface area contributed by atoms with Gasteiger partial charge in [0.2, 0.25) is 11.9 Å². The van der Waals surface area contributed by atoms with Crippen LogP contribution in [0.1, 0.15) is 36.2 Å². The van der Waals surface area contributed by atoms with Crippen molar-refractivity contribution in [2.45, 2.75) is 19.4 Å². The van der Waals surface area contributed by atoms with Crippen molar-refractivity contribution in [3.8, 4) is 6.07 Å². The molecule has 1 aromatic carbocycles. The minimum absolute atomic E-state index is 0.0246. The van der Waals surface area contributed by atoms with Crippen molar-refractivity contribution in [3.05, 3.63) is 58.5 Å². The number of primary amides is 1. The van der Waals surface area contributed by atoms with Crippen molar-refractivity contribution < 1.29 is 18.4 Å². The fourth-order valence-corrected chi connectivity index (χ4v) is 4.65. The van der Waals surface area contributed by atoms with Gasteiger partial charge in [-0.2, -0.15) is 10.4 Å². The van der Waals surface area contributed by atoms with Crippen molar-refractivity contribution >= 4 is 29.8 Å². The number of hydrogen-bond donors (Lipinski definition) is 3. The van der Waals surface area contributed by atoms with E-state index in [0.29, 0.717) is 49.6 Å². The molecular formula is C24H25F2N11O2. The maximum Gasteiger partial charge on any atom is 0.341 e. The van der Waals surface area contributed by atoms with Gasteiger partial charge in [0.25, 0.3) is 0 Å². The molecule has 1 fully saturated rings. The lowest BCUT2D eigenvalue weighted by Crippen LogP contribution is -2.52. The number of hydrazone groups is 1. The molecule has 202 valence electrons. The van der Waals surface area contributed by atoms with E-state index in [0.717, 1.165) is 12.3 Å². The maximum atomic E-state index is 14.7. The van der Waals surface area contributed by atoms with Gasteiger partial charge in [-0.15, -0.1) is 5.53 Å². The molecule has 4 N–H and O–H groups in total. The number of amides is 3. The summed E-state index contributed by atoms with van der Waals surface area (Å²) in [6.45, 7) is 3.00. The Morgan fingerprint density at radius 2 is 1.97 bits per heavy atom. The zero-order chi connectivity index (χ0) is 27.7. The van der Waals surface area contributed by atoms with Crippen LogP contribution in [0.15, 0.2) is 35.2 Å². The topological polar surface area (TPSA) is 159 Å². The quantitative estimate of drug-likeness (QED) is 0.501. The van der Waals surface area contributed by atoms with Crippen LogP contribution in [0.2, 0.25) is 0 Å². The second-order valence-electron chi connectivity index (χ2n) is 9.15. The van der Waals surface area contributed by atoms with Crippen LogP contribution in [0.25, 0.3) is 5.70 Å². The van der Waals surface area contributed by atoms with Gasteiger partial charge in [-0.3, -0.25) is 15.2 Å². The number of allylic oxidation sites excluding steroid dienone is 1. The molecule has 0 saturated carbocycles. The highest BCUT2D eigenvalue weighted by Crippen LogP contribution is 2.31. The number of carbonyl (C=O) groups excluding carboxylic acids is 2.